The van der Waals surface area contributed by atoms with Crippen LogP contribution in [0.3, 0.4) is 0 Å². The van der Waals surface area contributed by atoms with Gasteiger partial charge in [0.05, 0.1) is 18.9 Å². The van der Waals surface area contributed by atoms with Gasteiger partial charge in [0.25, 0.3) is 0 Å². The molecule has 5 heteroatoms. The number of rotatable bonds is 7. The largest absolute Gasteiger partial charge is 0.378 e. The Labute approximate surface area is 98.3 Å². The summed E-state index contributed by atoms with van der Waals surface area (Å²) in [6.07, 6.45) is 5.37. The van der Waals surface area contributed by atoms with E-state index in [9.17, 15) is 4.57 Å². The molecule has 1 saturated heterocycles. The molecule has 4 nitrogen and oxygen atoms in total. The van der Waals surface area contributed by atoms with Gasteiger partial charge in [0.15, 0.2) is 0 Å². The van der Waals surface area contributed by atoms with Crippen LogP contribution in [0.15, 0.2) is 0 Å². The summed E-state index contributed by atoms with van der Waals surface area (Å²) in [4.78, 5) is 0. The lowest BCUT2D eigenvalue weighted by Crippen LogP contribution is -2.24. The van der Waals surface area contributed by atoms with Crippen molar-refractivity contribution in [1.29, 1.82) is 0 Å². The molecule has 96 valence electrons. The van der Waals surface area contributed by atoms with Crippen molar-refractivity contribution in [2.45, 2.75) is 38.7 Å². The second-order valence-electron chi connectivity index (χ2n) is 4.27. The molecule has 0 radical (unpaired) electrons. The Balaban J connectivity index is 2.44. The number of nitrogens with two attached hydrogens (primary N) is 1. The molecule has 1 heterocycles. The number of ether oxygens (including phenoxy) is 1. The van der Waals surface area contributed by atoms with Crippen molar-refractivity contribution in [3.8, 4) is 0 Å². The summed E-state index contributed by atoms with van der Waals surface area (Å²) in [5.74, 6) is 0. The molecule has 2 unspecified atom stereocenters. The minimum Gasteiger partial charge on any atom is -0.378 e. The van der Waals surface area contributed by atoms with E-state index < -0.39 is 7.37 Å². The van der Waals surface area contributed by atoms with Gasteiger partial charge >= 0.3 is 0 Å². The number of hydrogen-bond donors (Lipinski definition) is 1. The smallest absolute Gasteiger partial charge is 0.205 e. The Morgan fingerprint density at radius 1 is 1.50 bits per heavy atom. The van der Waals surface area contributed by atoms with Crippen LogP contribution >= 0.6 is 7.37 Å². The molecule has 0 saturated carbocycles. The zero-order chi connectivity index (χ0) is 11.9. The number of hydrogen-bond acceptors (Lipinski definition) is 4. The van der Waals surface area contributed by atoms with Crippen molar-refractivity contribution in [2.24, 2.45) is 5.73 Å². The zero-order valence-corrected chi connectivity index (χ0v) is 11.1. The predicted octanol–water partition coefficient (Wildman–Crippen LogP) is 2.22. The highest BCUT2D eigenvalue weighted by Gasteiger charge is 2.28. The Hall–Kier alpha value is 0.110. The van der Waals surface area contributed by atoms with Crippen LogP contribution in [-0.4, -0.2) is 38.2 Å². The molecule has 1 fully saturated rings. The van der Waals surface area contributed by atoms with Crippen molar-refractivity contribution in [3.63, 3.8) is 0 Å². The monoisotopic (exact) mass is 249 g/mol. The molecule has 0 aromatic carbocycles. The van der Waals surface area contributed by atoms with E-state index in [1.807, 2.05) is 6.92 Å². The Morgan fingerprint density at radius 2 is 2.31 bits per heavy atom. The SMILES string of the molecule is CCOP(=O)(CCCN)CC1CCCCO1. The van der Waals surface area contributed by atoms with E-state index in [4.69, 9.17) is 15.0 Å². The molecule has 0 aliphatic carbocycles. The Morgan fingerprint density at radius 3 is 2.88 bits per heavy atom. The van der Waals surface area contributed by atoms with Crippen LogP contribution in [0, 0.1) is 0 Å². The van der Waals surface area contributed by atoms with Crippen LogP contribution in [0.1, 0.15) is 32.6 Å². The average molecular weight is 249 g/mol. The van der Waals surface area contributed by atoms with Crippen molar-refractivity contribution >= 4 is 7.37 Å². The lowest BCUT2D eigenvalue weighted by atomic mass is 10.1. The first-order valence-corrected chi connectivity index (χ1v) is 8.24. The van der Waals surface area contributed by atoms with E-state index in [0.717, 1.165) is 25.9 Å². The first-order chi connectivity index (χ1) is 7.70. The lowest BCUT2D eigenvalue weighted by molar-refractivity contribution is 0.0287. The third-order valence-corrected chi connectivity index (χ3v) is 5.51. The molecule has 16 heavy (non-hydrogen) atoms. The minimum atomic E-state index is -2.51. The van der Waals surface area contributed by atoms with Gasteiger partial charge in [-0.05, 0) is 39.2 Å². The quantitative estimate of drug-likeness (QED) is 0.703. The maximum atomic E-state index is 12.5. The summed E-state index contributed by atoms with van der Waals surface area (Å²) in [6, 6.07) is 0. The Bertz CT molecular complexity index is 229. The molecular formula is C11H24NO3P. The fourth-order valence-corrected chi connectivity index (χ4v) is 4.50. The summed E-state index contributed by atoms with van der Waals surface area (Å²) in [5.41, 5.74) is 5.46. The van der Waals surface area contributed by atoms with Gasteiger partial charge in [-0.15, -0.1) is 0 Å². The first kappa shape index (κ1) is 14.2. The van der Waals surface area contributed by atoms with E-state index in [1.165, 1.54) is 6.42 Å². The fourth-order valence-electron chi connectivity index (χ4n) is 2.04. The van der Waals surface area contributed by atoms with Crippen LogP contribution in [0.25, 0.3) is 0 Å². The van der Waals surface area contributed by atoms with Gasteiger partial charge in [-0.1, -0.05) is 0 Å². The summed E-state index contributed by atoms with van der Waals surface area (Å²) in [7, 11) is -2.51. The topological polar surface area (TPSA) is 61.5 Å². The standard InChI is InChI=1S/C11H24NO3P/c1-2-15-16(13,9-5-7-12)10-11-6-3-4-8-14-11/h11H,2-10,12H2,1H3. The summed E-state index contributed by atoms with van der Waals surface area (Å²) in [5, 5.41) is 0. The minimum absolute atomic E-state index is 0.129. The van der Waals surface area contributed by atoms with E-state index in [-0.39, 0.29) is 6.10 Å². The highest BCUT2D eigenvalue weighted by atomic mass is 31.2. The third-order valence-electron chi connectivity index (χ3n) is 2.82. The van der Waals surface area contributed by atoms with E-state index >= 15 is 0 Å². The average Bonchev–Trinajstić information content (AvgIpc) is 2.28. The van der Waals surface area contributed by atoms with Gasteiger partial charge in [-0.25, -0.2) is 0 Å². The van der Waals surface area contributed by atoms with Gasteiger partial charge in [-0.2, -0.15) is 0 Å². The van der Waals surface area contributed by atoms with E-state index in [2.05, 4.69) is 0 Å². The van der Waals surface area contributed by atoms with Crippen molar-refractivity contribution < 1.29 is 13.8 Å². The normalized spacial score (nSPS) is 25.2. The van der Waals surface area contributed by atoms with E-state index in [1.54, 1.807) is 0 Å². The maximum Gasteiger partial charge on any atom is 0.205 e. The molecule has 1 aliphatic heterocycles. The van der Waals surface area contributed by atoms with Crippen molar-refractivity contribution in [1.82, 2.24) is 0 Å². The van der Waals surface area contributed by atoms with Crippen LogP contribution in [0.4, 0.5) is 0 Å². The van der Waals surface area contributed by atoms with Crippen molar-refractivity contribution in [3.05, 3.63) is 0 Å². The molecule has 0 spiro atoms. The summed E-state index contributed by atoms with van der Waals surface area (Å²) in [6.45, 7) is 3.77. The molecule has 1 rings (SSSR count). The van der Waals surface area contributed by atoms with Gasteiger partial charge in [-0.3, -0.25) is 4.57 Å². The third kappa shape index (κ3) is 4.96. The molecule has 0 amide bonds. The summed E-state index contributed by atoms with van der Waals surface area (Å²) < 4.78 is 23.6. The lowest BCUT2D eigenvalue weighted by Gasteiger charge is -2.27. The molecule has 2 atom stereocenters. The van der Waals surface area contributed by atoms with Gasteiger partial charge < -0.3 is 15.0 Å². The van der Waals surface area contributed by atoms with Crippen LogP contribution in [-0.2, 0) is 13.8 Å². The van der Waals surface area contributed by atoms with E-state index in [0.29, 0.717) is 25.5 Å². The second-order valence-corrected chi connectivity index (χ2v) is 6.97. The first-order valence-electron chi connectivity index (χ1n) is 6.24. The van der Waals surface area contributed by atoms with Gasteiger partial charge in [0, 0.05) is 12.8 Å². The molecular weight excluding hydrogens is 225 g/mol. The Kier molecular flexibility index (Phi) is 6.59. The summed E-state index contributed by atoms with van der Waals surface area (Å²) >= 11 is 0. The van der Waals surface area contributed by atoms with Gasteiger partial charge in [0.2, 0.25) is 7.37 Å². The molecule has 1 aliphatic rings. The zero-order valence-electron chi connectivity index (χ0n) is 10.2. The van der Waals surface area contributed by atoms with Crippen LogP contribution in [0.5, 0.6) is 0 Å². The highest BCUT2D eigenvalue weighted by Crippen LogP contribution is 2.48. The molecule has 0 aromatic rings. The maximum absolute atomic E-state index is 12.5. The highest BCUT2D eigenvalue weighted by molar-refractivity contribution is 7.59. The van der Waals surface area contributed by atoms with Gasteiger partial charge in [0.1, 0.15) is 0 Å². The molecule has 0 bridgehead atoms. The van der Waals surface area contributed by atoms with Crippen LogP contribution < -0.4 is 5.73 Å². The second kappa shape index (κ2) is 7.44. The predicted molar refractivity (Wildman–Crippen MR) is 66.2 cm³/mol. The fraction of sp³-hybridized carbons (Fsp3) is 1.00. The van der Waals surface area contributed by atoms with Crippen LogP contribution in [0.2, 0.25) is 0 Å². The molecule has 2 N–H and O–H groups in total. The van der Waals surface area contributed by atoms with Crippen molar-refractivity contribution in [2.75, 3.05) is 32.1 Å². The molecule has 0 aromatic heterocycles.